The number of benzene rings is 1. The Bertz CT molecular complexity index is 651. The lowest BCUT2D eigenvalue weighted by atomic mass is 10.0. The van der Waals surface area contributed by atoms with Crippen molar-refractivity contribution in [3.05, 3.63) is 46.7 Å². The molecule has 1 saturated heterocycles. The zero-order valence-corrected chi connectivity index (χ0v) is 12.3. The highest BCUT2D eigenvalue weighted by Crippen LogP contribution is 2.28. The van der Waals surface area contributed by atoms with Gasteiger partial charge in [-0.2, -0.15) is 0 Å². The Kier molecular flexibility index (Phi) is 4.01. The molecule has 2 amide bonds. The van der Waals surface area contributed by atoms with Crippen LogP contribution in [0.2, 0.25) is 0 Å². The van der Waals surface area contributed by atoms with Gasteiger partial charge < -0.3 is 10.6 Å². The molecule has 3 rings (SSSR count). The number of hydrogen-bond acceptors (Lipinski definition) is 3. The number of thiophene rings is 1. The molecule has 1 fully saturated rings. The molecule has 21 heavy (non-hydrogen) atoms. The van der Waals surface area contributed by atoms with E-state index in [9.17, 15) is 9.59 Å². The topological polar surface area (TPSA) is 58.2 Å². The second-order valence-corrected chi connectivity index (χ2v) is 5.90. The van der Waals surface area contributed by atoms with Crippen molar-refractivity contribution in [1.29, 1.82) is 0 Å². The molecule has 1 aliphatic rings. The third-order valence-corrected chi connectivity index (χ3v) is 4.46. The van der Waals surface area contributed by atoms with E-state index in [1.807, 2.05) is 41.8 Å². The lowest BCUT2D eigenvalue weighted by molar-refractivity contribution is -0.124. The van der Waals surface area contributed by atoms with Gasteiger partial charge in [-0.25, -0.2) is 0 Å². The number of carbonyl (C=O) groups excluding carboxylic acids is 2. The van der Waals surface area contributed by atoms with Crippen LogP contribution in [0.5, 0.6) is 0 Å². The van der Waals surface area contributed by atoms with Crippen LogP contribution in [0.3, 0.4) is 0 Å². The van der Waals surface area contributed by atoms with Crippen LogP contribution >= 0.6 is 11.3 Å². The molecule has 1 aromatic heterocycles. The van der Waals surface area contributed by atoms with Gasteiger partial charge in [0.05, 0.1) is 4.88 Å². The van der Waals surface area contributed by atoms with E-state index >= 15 is 0 Å². The van der Waals surface area contributed by atoms with Crippen LogP contribution < -0.4 is 10.6 Å². The molecule has 5 heteroatoms. The summed E-state index contributed by atoms with van der Waals surface area (Å²) in [7, 11) is 0. The van der Waals surface area contributed by atoms with Crippen LogP contribution in [0.25, 0.3) is 11.1 Å². The summed E-state index contributed by atoms with van der Waals surface area (Å²) < 4.78 is 0. The highest BCUT2D eigenvalue weighted by Gasteiger charge is 2.25. The van der Waals surface area contributed by atoms with Gasteiger partial charge in [0, 0.05) is 12.1 Å². The van der Waals surface area contributed by atoms with Gasteiger partial charge >= 0.3 is 0 Å². The third-order valence-electron chi connectivity index (χ3n) is 3.55. The van der Waals surface area contributed by atoms with Crippen molar-refractivity contribution in [2.45, 2.75) is 18.9 Å². The van der Waals surface area contributed by atoms with Gasteiger partial charge in [0.2, 0.25) is 5.91 Å². The minimum absolute atomic E-state index is 0.0904. The van der Waals surface area contributed by atoms with E-state index in [0.29, 0.717) is 17.8 Å². The van der Waals surface area contributed by atoms with E-state index in [2.05, 4.69) is 10.6 Å². The normalized spacial score (nSPS) is 18.1. The molecule has 1 aromatic carbocycles. The van der Waals surface area contributed by atoms with Gasteiger partial charge in [0.25, 0.3) is 5.91 Å². The predicted molar refractivity (Wildman–Crippen MR) is 83.3 cm³/mol. The smallest absolute Gasteiger partial charge is 0.262 e. The largest absolute Gasteiger partial charge is 0.354 e. The van der Waals surface area contributed by atoms with Gasteiger partial charge in [0.15, 0.2) is 0 Å². The highest BCUT2D eigenvalue weighted by atomic mass is 32.1. The maximum atomic E-state index is 12.4. The molecule has 0 bridgehead atoms. The summed E-state index contributed by atoms with van der Waals surface area (Å²) in [4.78, 5) is 24.8. The Balaban J connectivity index is 1.80. The van der Waals surface area contributed by atoms with Crippen molar-refractivity contribution in [1.82, 2.24) is 10.6 Å². The summed E-state index contributed by atoms with van der Waals surface area (Å²) >= 11 is 1.40. The van der Waals surface area contributed by atoms with Gasteiger partial charge in [0.1, 0.15) is 6.04 Å². The maximum Gasteiger partial charge on any atom is 0.262 e. The van der Waals surface area contributed by atoms with Crippen molar-refractivity contribution in [3.8, 4) is 11.1 Å². The molecule has 108 valence electrons. The average molecular weight is 300 g/mol. The highest BCUT2D eigenvalue weighted by molar-refractivity contribution is 7.12. The Morgan fingerprint density at radius 1 is 1.24 bits per heavy atom. The minimum Gasteiger partial charge on any atom is -0.354 e. The molecule has 1 atom stereocenters. The Hall–Kier alpha value is -2.14. The maximum absolute atomic E-state index is 12.4. The van der Waals surface area contributed by atoms with Crippen LogP contribution in [0.4, 0.5) is 0 Å². The summed E-state index contributed by atoms with van der Waals surface area (Å²) in [5.41, 5.74) is 1.92. The predicted octanol–water partition coefficient (Wildman–Crippen LogP) is 2.42. The number of hydrogen-bond donors (Lipinski definition) is 2. The lowest BCUT2D eigenvalue weighted by Gasteiger charge is -2.22. The van der Waals surface area contributed by atoms with Gasteiger partial charge in [-0.05, 0) is 29.9 Å². The summed E-state index contributed by atoms with van der Waals surface area (Å²) in [6.45, 7) is 0.694. The first-order valence-corrected chi connectivity index (χ1v) is 7.85. The number of amides is 2. The van der Waals surface area contributed by atoms with E-state index in [1.54, 1.807) is 0 Å². The third kappa shape index (κ3) is 2.97. The van der Waals surface area contributed by atoms with Crippen LogP contribution in [0, 0.1) is 0 Å². The van der Waals surface area contributed by atoms with Crippen LogP contribution in [-0.4, -0.2) is 24.4 Å². The molecule has 4 nitrogen and oxygen atoms in total. The van der Waals surface area contributed by atoms with Crippen molar-refractivity contribution in [3.63, 3.8) is 0 Å². The lowest BCUT2D eigenvalue weighted by Crippen LogP contribution is -2.50. The fraction of sp³-hybridized carbons (Fsp3) is 0.250. The van der Waals surface area contributed by atoms with Gasteiger partial charge in [-0.15, -0.1) is 11.3 Å². The molecule has 0 radical (unpaired) electrons. The fourth-order valence-electron chi connectivity index (χ4n) is 2.46. The van der Waals surface area contributed by atoms with E-state index in [4.69, 9.17) is 0 Å². The van der Waals surface area contributed by atoms with Crippen LogP contribution in [-0.2, 0) is 4.79 Å². The Morgan fingerprint density at radius 2 is 2.05 bits per heavy atom. The van der Waals surface area contributed by atoms with Crippen molar-refractivity contribution < 1.29 is 9.59 Å². The summed E-state index contributed by atoms with van der Waals surface area (Å²) in [5.74, 6) is -0.265. The first kappa shape index (κ1) is 13.8. The second kappa shape index (κ2) is 6.10. The summed E-state index contributed by atoms with van der Waals surface area (Å²) in [6.07, 6.45) is 1.59. The zero-order valence-electron chi connectivity index (χ0n) is 11.5. The van der Waals surface area contributed by atoms with E-state index in [1.165, 1.54) is 11.3 Å². The quantitative estimate of drug-likeness (QED) is 0.914. The summed E-state index contributed by atoms with van der Waals surface area (Å²) in [6, 6.07) is 11.3. The fourth-order valence-corrected chi connectivity index (χ4v) is 3.28. The average Bonchev–Trinajstić information content (AvgIpc) is 3.00. The molecule has 2 N–H and O–H groups in total. The number of piperidine rings is 1. The number of nitrogens with one attached hydrogen (secondary N) is 2. The molecule has 0 spiro atoms. The van der Waals surface area contributed by atoms with Crippen molar-refractivity contribution in [2.24, 2.45) is 0 Å². The SMILES string of the molecule is O=C(N[C@H]1CCCNC1=O)c1sccc1-c1ccccc1. The Labute approximate surface area is 127 Å². The number of carbonyl (C=O) groups is 2. The molecule has 1 aliphatic heterocycles. The van der Waals surface area contributed by atoms with Crippen molar-refractivity contribution in [2.75, 3.05) is 6.54 Å². The molecule has 0 unspecified atom stereocenters. The van der Waals surface area contributed by atoms with E-state index in [-0.39, 0.29) is 11.8 Å². The van der Waals surface area contributed by atoms with E-state index < -0.39 is 6.04 Å². The van der Waals surface area contributed by atoms with E-state index in [0.717, 1.165) is 17.5 Å². The van der Waals surface area contributed by atoms with Crippen LogP contribution in [0.15, 0.2) is 41.8 Å². The van der Waals surface area contributed by atoms with Gasteiger partial charge in [-0.1, -0.05) is 30.3 Å². The van der Waals surface area contributed by atoms with Gasteiger partial charge in [-0.3, -0.25) is 9.59 Å². The summed E-state index contributed by atoms with van der Waals surface area (Å²) in [5, 5.41) is 7.52. The molecular weight excluding hydrogens is 284 g/mol. The number of rotatable bonds is 3. The first-order valence-electron chi connectivity index (χ1n) is 6.97. The second-order valence-electron chi connectivity index (χ2n) is 4.99. The molecule has 0 aliphatic carbocycles. The molecule has 0 saturated carbocycles. The Morgan fingerprint density at radius 3 is 2.81 bits per heavy atom. The zero-order chi connectivity index (χ0) is 14.7. The molecule has 2 aromatic rings. The monoisotopic (exact) mass is 300 g/mol. The standard InChI is InChI=1S/C16H16N2O2S/c19-15-13(7-4-9-17-15)18-16(20)14-12(8-10-21-14)11-5-2-1-3-6-11/h1-3,5-6,8,10,13H,4,7,9H2,(H,17,19)(H,18,20)/t13-/m0/s1. The first-order chi connectivity index (χ1) is 10.3. The van der Waals surface area contributed by atoms with Crippen molar-refractivity contribution >= 4 is 23.2 Å². The van der Waals surface area contributed by atoms with Crippen LogP contribution in [0.1, 0.15) is 22.5 Å². The minimum atomic E-state index is -0.419. The molecular formula is C16H16N2O2S. The molecule has 2 heterocycles.